The summed E-state index contributed by atoms with van der Waals surface area (Å²) in [4.78, 5) is 17.9. The number of aromatic nitrogens is 3. The number of rotatable bonds is 7. The standard InChI is InChI=1S/C58H40N4S/c1-58(2)50-27-14-12-23-44(50)45-34-33-42(35-51(45)58)62(40-21-10-5-11-22-40)41-31-29-37(30-32-41)43-25-16-26-47-49(36-48-46-24-13-15-28-52(46)63-54(48)53(43)47)57-60-55(38-17-6-3-7-18-38)59-56(61-57)39-19-8-4-9-20-39/h3-36H,1-2H3. The van der Waals surface area contributed by atoms with Crippen molar-refractivity contribution in [3.63, 3.8) is 0 Å². The molecule has 2 aromatic heterocycles. The highest BCUT2D eigenvalue weighted by Crippen LogP contribution is 2.51. The van der Waals surface area contributed by atoms with E-state index in [1.165, 1.54) is 53.4 Å². The number of thiophene rings is 1. The molecule has 2 heterocycles. The van der Waals surface area contributed by atoms with Gasteiger partial charge in [-0.2, -0.15) is 0 Å². The Hall–Kier alpha value is -7.73. The zero-order valence-electron chi connectivity index (χ0n) is 34.8. The monoisotopic (exact) mass is 824 g/mol. The molecule has 4 nitrogen and oxygen atoms in total. The Morgan fingerprint density at radius 1 is 0.381 bits per heavy atom. The predicted molar refractivity (Wildman–Crippen MR) is 264 cm³/mol. The third kappa shape index (κ3) is 6.15. The first-order chi connectivity index (χ1) is 31.0. The molecule has 0 bridgehead atoms. The van der Waals surface area contributed by atoms with Crippen LogP contribution in [0.1, 0.15) is 25.0 Å². The molecule has 63 heavy (non-hydrogen) atoms. The molecule has 0 saturated carbocycles. The fourth-order valence-electron chi connectivity index (χ4n) is 9.64. The van der Waals surface area contributed by atoms with Crippen LogP contribution in [-0.4, -0.2) is 15.0 Å². The number of para-hydroxylation sites is 1. The molecule has 12 rings (SSSR count). The molecule has 5 heteroatoms. The Kier molecular flexibility index (Phi) is 8.66. The maximum absolute atomic E-state index is 5.23. The first-order valence-electron chi connectivity index (χ1n) is 21.4. The van der Waals surface area contributed by atoms with Gasteiger partial charge in [-0.25, -0.2) is 15.0 Å². The summed E-state index contributed by atoms with van der Waals surface area (Å²) in [7, 11) is 0. The molecular weight excluding hydrogens is 785 g/mol. The minimum Gasteiger partial charge on any atom is -0.310 e. The predicted octanol–water partition coefficient (Wildman–Crippen LogP) is 15.8. The fraction of sp³-hybridized carbons (Fsp3) is 0.0517. The van der Waals surface area contributed by atoms with Gasteiger partial charge in [0, 0.05) is 64.7 Å². The molecule has 298 valence electrons. The number of anilines is 3. The largest absolute Gasteiger partial charge is 0.310 e. The summed E-state index contributed by atoms with van der Waals surface area (Å²) < 4.78 is 2.50. The Morgan fingerprint density at radius 2 is 0.937 bits per heavy atom. The van der Waals surface area contributed by atoms with Gasteiger partial charge in [0.05, 0.1) is 0 Å². The zero-order chi connectivity index (χ0) is 42.1. The molecule has 0 unspecified atom stereocenters. The van der Waals surface area contributed by atoms with Crippen molar-refractivity contribution >= 4 is 59.3 Å². The highest BCUT2D eigenvalue weighted by Gasteiger charge is 2.35. The summed E-state index contributed by atoms with van der Waals surface area (Å²) >= 11 is 1.85. The Labute approximate surface area is 370 Å². The van der Waals surface area contributed by atoms with Crippen molar-refractivity contribution < 1.29 is 0 Å². The van der Waals surface area contributed by atoms with Crippen LogP contribution in [0.4, 0.5) is 17.1 Å². The van der Waals surface area contributed by atoms with E-state index in [9.17, 15) is 0 Å². The third-order valence-corrected chi connectivity index (χ3v) is 13.9. The van der Waals surface area contributed by atoms with E-state index in [0.717, 1.165) is 44.7 Å². The summed E-state index contributed by atoms with van der Waals surface area (Å²) in [6, 6.07) is 73.7. The van der Waals surface area contributed by atoms with Gasteiger partial charge in [-0.3, -0.25) is 0 Å². The van der Waals surface area contributed by atoms with Gasteiger partial charge in [-0.05, 0) is 87.3 Å². The van der Waals surface area contributed by atoms with Crippen LogP contribution in [0.25, 0.3) is 87.4 Å². The molecule has 0 atom stereocenters. The van der Waals surface area contributed by atoms with Gasteiger partial charge < -0.3 is 4.90 Å². The highest BCUT2D eigenvalue weighted by molar-refractivity contribution is 7.26. The van der Waals surface area contributed by atoms with E-state index in [2.05, 4.69) is 189 Å². The Balaban J connectivity index is 1.04. The maximum Gasteiger partial charge on any atom is 0.164 e. The summed E-state index contributed by atoms with van der Waals surface area (Å²) in [6.45, 7) is 4.69. The van der Waals surface area contributed by atoms with Crippen LogP contribution >= 0.6 is 11.3 Å². The fourth-order valence-corrected chi connectivity index (χ4v) is 10.9. The van der Waals surface area contributed by atoms with Crippen molar-refractivity contribution in [2.24, 2.45) is 0 Å². The molecule has 1 aliphatic rings. The molecule has 0 N–H and O–H groups in total. The van der Waals surface area contributed by atoms with Gasteiger partial charge in [-0.1, -0.05) is 172 Å². The maximum atomic E-state index is 5.23. The number of hydrogen-bond acceptors (Lipinski definition) is 5. The van der Waals surface area contributed by atoms with Gasteiger partial charge in [0.2, 0.25) is 0 Å². The van der Waals surface area contributed by atoms with Gasteiger partial charge in [0.25, 0.3) is 0 Å². The summed E-state index contributed by atoms with van der Waals surface area (Å²) in [5.74, 6) is 1.94. The molecule has 1 aliphatic carbocycles. The van der Waals surface area contributed by atoms with Crippen LogP contribution in [0.15, 0.2) is 206 Å². The lowest BCUT2D eigenvalue weighted by Gasteiger charge is -2.28. The van der Waals surface area contributed by atoms with Crippen LogP contribution in [-0.2, 0) is 5.41 Å². The summed E-state index contributed by atoms with van der Waals surface area (Å²) in [5, 5.41) is 4.72. The summed E-state index contributed by atoms with van der Waals surface area (Å²) in [6.07, 6.45) is 0. The van der Waals surface area contributed by atoms with Gasteiger partial charge in [-0.15, -0.1) is 11.3 Å². The van der Waals surface area contributed by atoms with E-state index in [-0.39, 0.29) is 5.41 Å². The van der Waals surface area contributed by atoms with Crippen LogP contribution < -0.4 is 4.90 Å². The van der Waals surface area contributed by atoms with E-state index < -0.39 is 0 Å². The molecular formula is C58H40N4S. The quantitative estimate of drug-likeness (QED) is 0.161. The average Bonchev–Trinajstić information content (AvgIpc) is 3.83. The number of fused-ring (bicyclic) bond motifs is 8. The van der Waals surface area contributed by atoms with Crippen LogP contribution in [0, 0.1) is 0 Å². The second-order valence-corrected chi connectivity index (χ2v) is 17.8. The molecule has 0 spiro atoms. The van der Waals surface area contributed by atoms with Crippen molar-refractivity contribution in [1.29, 1.82) is 0 Å². The number of nitrogens with zero attached hydrogens (tertiary/aromatic N) is 4. The van der Waals surface area contributed by atoms with E-state index in [4.69, 9.17) is 15.0 Å². The lowest BCUT2D eigenvalue weighted by molar-refractivity contribution is 0.660. The molecule has 0 fully saturated rings. The third-order valence-electron chi connectivity index (χ3n) is 12.7. The summed E-state index contributed by atoms with van der Waals surface area (Å²) in [5.41, 5.74) is 13.8. The van der Waals surface area contributed by atoms with Crippen molar-refractivity contribution in [2.45, 2.75) is 19.3 Å². The zero-order valence-corrected chi connectivity index (χ0v) is 35.6. The number of hydrogen-bond donors (Lipinski definition) is 0. The molecule has 11 aromatic rings. The average molecular weight is 825 g/mol. The van der Waals surface area contributed by atoms with E-state index >= 15 is 0 Å². The Bertz CT molecular complexity index is 3470. The van der Waals surface area contributed by atoms with Crippen LogP contribution in [0.2, 0.25) is 0 Å². The molecule has 0 radical (unpaired) electrons. The van der Waals surface area contributed by atoms with Crippen molar-refractivity contribution in [1.82, 2.24) is 15.0 Å². The topological polar surface area (TPSA) is 41.9 Å². The van der Waals surface area contributed by atoms with Gasteiger partial charge in [0.1, 0.15) is 0 Å². The van der Waals surface area contributed by atoms with Crippen LogP contribution in [0.5, 0.6) is 0 Å². The van der Waals surface area contributed by atoms with Crippen molar-refractivity contribution in [3.8, 4) is 56.4 Å². The second-order valence-electron chi connectivity index (χ2n) is 16.8. The van der Waals surface area contributed by atoms with E-state index in [1.807, 2.05) is 47.7 Å². The minimum absolute atomic E-state index is 0.104. The SMILES string of the molecule is CC1(C)c2ccccc2-c2ccc(N(c3ccccc3)c3ccc(-c4cccc5c(-c6nc(-c7ccccc7)nc(-c7ccccc7)n6)cc6c7ccccc7sc6c45)cc3)cc21. The molecule has 0 saturated heterocycles. The van der Waals surface area contributed by atoms with Gasteiger partial charge >= 0.3 is 0 Å². The van der Waals surface area contributed by atoms with Gasteiger partial charge in [0.15, 0.2) is 17.5 Å². The van der Waals surface area contributed by atoms with E-state index in [1.54, 1.807) is 0 Å². The number of benzene rings is 9. The first-order valence-corrected chi connectivity index (χ1v) is 22.3. The Morgan fingerprint density at radius 3 is 1.67 bits per heavy atom. The van der Waals surface area contributed by atoms with Crippen molar-refractivity contribution in [2.75, 3.05) is 4.90 Å². The second kappa shape index (κ2) is 14.7. The highest BCUT2D eigenvalue weighted by atomic mass is 32.1. The lowest BCUT2D eigenvalue weighted by Crippen LogP contribution is -2.16. The normalized spacial score (nSPS) is 12.7. The van der Waals surface area contributed by atoms with Crippen LogP contribution in [0.3, 0.4) is 0 Å². The molecule has 0 aliphatic heterocycles. The lowest BCUT2D eigenvalue weighted by atomic mass is 9.82. The van der Waals surface area contributed by atoms with Crippen molar-refractivity contribution in [3.05, 3.63) is 217 Å². The molecule has 9 aromatic carbocycles. The minimum atomic E-state index is -0.104. The first kappa shape index (κ1) is 37.1. The smallest absolute Gasteiger partial charge is 0.164 e. The molecule has 0 amide bonds. The van der Waals surface area contributed by atoms with E-state index in [0.29, 0.717) is 17.5 Å².